The molecule has 2 rings (SSSR count). The fraction of sp³-hybridized carbons (Fsp3) is 0.350. The number of nitrogens with zero attached hydrogens (tertiary/aromatic N) is 2. The van der Waals surface area contributed by atoms with Crippen molar-refractivity contribution in [2.75, 3.05) is 38.6 Å². The number of aromatic hydroxyl groups is 1. The van der Waals surface area contributed by atoms with Crippen molar-refractivity contribution in [2.24, 2.45) is 10.2 Å². The topological polar surface area (TPSA) is 142 Å². The van der Waals surface area contributed by atoms with E-state index in [2.05, 4.69) is 20.9 Å². The van der Waals surface area contributed by atoms with Crippen molar-refractivity contribution in [3.8, 4) is 11.5 Å². The maximum Gasteiger partial charge on any atom is 0.220 e. The molecule has 0 aliphatic rings. The first kappa shape index (κ1) is 23.4. The van der Waals surface area contributed by atoms with Crippen LogP contribution >= 0.6 is 11.6 Å². The van der Waals surface area contributed by atoms with Gasteiger partial charge in [0.05, 0.1) is 18.9 Å². The summed E-state index contributed by atoms with van der Waals surface area (Å²) in [6.07, 6.45) is 0.870. The number of carbonyl (C=O) groups excluding carboxylic acids is 1. The van der Waals surface area contributed by atoms with E-state index in [1.54, 1.807) is 30.3 Å². The molecule has 0 unspecified atom stereocenters. The van der Waals surface area contributed by atoms with Crippen molar-refractivity contribution < 1.29 is 19.7 Å². The van der Waals surface area contributed by atoms with Gasteiger partial charge in [0.1, 0.15) is 22.9 Å². The van der Waals surface area contributed by atoms with Crippen LogP contribution in [0.15, 0.2) is 46.6 Å². The molecule has 6 N–H and O–H groups in total. The third kappa shape index (κ3) is 8.24. The summed E-state index contributed by atoms with van der Waals surface area (Å²) in [4.78, 5) is 11.7. The molecular formula is C20H26ClN5O4. The van der Waals surface area contributed by atoms with Gasteiger partial charge in [-0.3, -0.25) is 4.79 Å². The Morgan fingerprint density at radius 1 is 1.10 bits per heavy atom. The molecule has 2 aromatic rings. The fourth-order valence-electron chi connectivity index (χ4n) is 2.41. The molecule has 0 saturated heterocycles. The molecule has 162 valence electrons. The van der Waals surface area contributed by atoms with Crippen LogP contribution in [0, 0.1) is 0 Å². The van der Waals surface area contributed by atoms with Gasteiger partial charge in [0, 0.05) is 37.1 Å². The number of phenolic OH excluding ortho intramolecular Hbond substituents is 1. The van der Waals surface area contributed by atoms with Gasteiger partial charge in [0.2, 0.25) is 5.91 Å². The summed E-state index contributed by atoms with van der Waals surface area (Å²) in [5.41, 5.74) is 6.92. The van der Waals surface area contributed by atoms with Crippen LogP contribution in [0.5, 0.6) is 11.5 Å². The van der Waals surface area contributed by atoms with Crippen LogP contribution in [0.25, 0.3) is 0 Å². The van der Waals surface area contributed by atoms with E-state index in [9.17, 15) is 9.90 Å². The quantitative estimate of drug-likeness (QED) is 0.197. The number of hydrogen-bond donors (Lipinski definition) is 5. The highest BCUT2D eigenvalue weighted by Crippen LogP contribution is 2.33. The molecule has 1 amide bonds. The van der Waals surface area contributed by atoms with E-state index in [-0.39, 0.29) is 24.0 Å². The Morgan fingerprint density at radius 2 is 1.87 bits per heavy atom. The standard InChI is InChI=1S/C20H26ClN5O4/c21-14-3-5-17(16(22)12-14)25-26-18-6-4-15(13-19(18)28)30-11-1-2-20(29)24-8-7-23-9-10-27/h3-6,12-13,23,27-28H,1-2,7-11,22H2,(H,24,29). The molecule has 0 fully saturated rings. The number of rotatable bonds is 12. The first-order valence-electron chi connectivity index (χ1n) is 9.50. The maximum absolute atomic E-state index is 11.7. The number of nitrogen functional groups attached to an aromatic ring is 1. The summed E-state index contributed by atoms with van der Waals surface area (Å²) in [7, 11) is 0. The van der Waals surface area contributed by atoms with E-state index in [0.29, 0.717) is 61.2 Å². The predicted octanol–water partition coefficient (Wildman–Crippen LogP) is 2.90. The van der Waals surface area contributed by atoms with Crippen LogP contribution in [0.4, 0.5) is 17.1 Å². The third-order valence-electron chi connectivity index (χ3n) is 3.93. The zero-order chi connectivity index (χ0) is 21.8. The monoisotopic (exact) mass is 435 g/mol. The summed E-state index contributed by atoms with van der Waals surface area (Å²) in [5.74, 6) is 0.312. The van der Waals surface area contributed by atoms with Gasteiger partial charge in [-0.05, 0) is 36.8 Å². The Balaban J connectivity index is 1.75. The first-order valence-corrected chi connectivity index (χ1v) is 9.88. The number of amides is 1. The molecule has 0 saturated carbocycles. The van der Waals surface area contributed by atoms with E-state index in [0.717, 1.165) is 0 Å². The number of carbonyl (C=O) groups is 1. The molecule has 0 bridgehead atoms. The molecule has 2 aromatic carbocycles. The second kappa shape index (κ2) is 12.6. The summed E-state index contributed by atoms with van der Waals surface area (Å²) in [6, 6.07) is 9.53. The zero-order valence-electron chi connectivity index (χ0n) is 16.5. The fourth-order valence-corrected chi connectivity index (χ4v) is 2.59. The average molecular weight is 436 g/mol. The number of azo groups is 1. The number of hydrogen-bond acceptors (Lipinski definition) is 8. The van der Waals surface area contributed by atoms with Crippen molar-refractivity contribution in [1.29, 1.82) is 0 Å². The van der Waals surface area contributed by atoms with E-state index < -0.39 is 0 Å². The Morgan fingerprint density at radius 3 is 2.60 bits per heavy atom. The van der Waals surface area contributed by atoms with Gasteiger partial charge in [-0.25, -0.2) is 0 Å². The lowest BCUT2D eigenvalue weighted by atomic mass is 10.2. The van der Waals surface area contributed by atoms with Gasteiger partial charge in [-0.2, -0.15) is 0 Å². The first-order chi connectivity index (χ1) is 14.5. The number of ether oxygens (including phenoxy) is 1. The molecule has 0 radical (unpaired) electrons. The van der Waals surface area contributed by atoms with Crippen LogP contribution in [-0.2, 0) is 4.79 Å². The van der Waals surface area contributed by atoms with Gasteiger partial charge < -0.3 is 31.3 Å². The lowest BCUT2D eigenvalue weighted by molar-refractivity contribution is -0.121. The smallest absolute Gasteiger partial charge is 0.220 e. The van der Waals surface area contributed by atoms with Gasteiger partial charge >= 0.3 is 0 Å². The zero-order valence-corrected chi connectivity index (χ0v) is 17.2. The highest BCUT2D eigenvalue weighted by atomic mass is 35.5. The molecule has 0 spiro atoms. The van der Waals surface area contributed by atoms with Crippen molar-refractivity contribution in [1.82, 2.24) is 10.6 Å². The van der Waals surface area contributed by atoms with Gasteiger partial charge in [-0.1, -0.05) is 11.6 Å². The normalized spacial score (nSPS) is 11.0. The van der Waals surface area contributed by atoms with Gasteiger partial charge in [-0.15, -0.1) is 10.2 Å². The minimum absolute atomic E-state index is 0.0653. The van der Waals surface area contributed by atoms with Gasteiger partial charge in [0.25, 0.3) is 0 Å². The maximum atomic E-state index is 11.7. The predicted molar refractivity (Wildman–Crippen MR) is 116 cm³/mol. The summed E-state index contributed by atoms with van der Waals surface area (Å²) in [5, 5.41) is 33.0. The third-order valence-corrected chi connectivity index (χ3v) is 4.17. The van der Waals surface area contributed by atoms with Crippen molar-refractivity contribution in [3.05, 3.63) is 41.4 Å². The molecule has 0 heterocycles. The average Bonchev–Trinajstić information content (AvgIpc) is 2.71. The second-order valence-corrected chi connectivity index (χ2v) is 6.77. The Kier molecular flexibility index (Phi) is 9.85. The Labute approximate surface area is 179 Å². The summed E-state index contributed by atoms with van der Waals surface area (Å²) < 4.78 is 5.56. The summed E-state index contributed by atoms with van der Waals surface area (Å²) in [6.45, 7) is 2.02. The molecule has 0 aliphatic heterocycles. The number of anilines is 1. The van der Waals surface area contributed by atoms with Gasteiger partial charge in [0.15, 0.2) is 0 Å². The Bertz CT molecular complexity index is 863. The molecular weight excluding hydrogens is 410 g/mol. The van der Waals surface area contributed by atoms with E-state index in [1.165, 1.54) is 6.07 Å². The second-order valence-electron chi connectivity index (χ2n) is 6.33. The van der Waals surface area contributed by atoms with E-state index in [4.69, 9.17) is 27.2 Å². The number of phenols is 1. The molecule has 9 nitrogen and oxygen atoms in total. The van der Waals surface area contributed by atoms with E-state index in [1.807, 2.05) is 0 Å². The Hall–Kier alpha value is -2.88. The summed E-state index contributed by atoms with van der Waals surface area (Å²) >= 11 is 5.85. The minimum atomic E-state index is -0.0862. The van der Waals surface area contributed by atoms with E-state index >= 15 is 0 Å². The van der Waals surface area contributed by atoms with Crippen LogP contribution < -0.4 is 21.1 Å². The number of aliphatic hydroxyl groups excluding tert-OH is 1. The van der Waals surface area contributed by atoms with Crippen LogP contribution in [-0.4, -0.2) is 49.0 Å². The SMILES string of the molecule is Nc1cc(Cl)ccc1N=Nc1ccc(OCCCC(=O)NCCNCCO)cc1O. The number of nitrogens with two attached hydrogens (primary N) is 1. The number of aliphatic hydroxyl groups is 1. The largest absolute Gasteiger partial charge is 0.505 e. The number of benzene rings is 2. The number of halogens is 1. The highest BCUT2D eigenvalue weighted by molar-refractivity contribution is 6.31. The van der Waals surface area contributed by atoms with Crippen LogP contribution in [0.3, 0.4) is 0 Å². The lowest BCUT2D eigenvalue weighted by Crippen LogP contribution is -2.32. The molecule has 30 heavy (non-hydrogen) atoms. The van der Waals surface area contributed by atoms with Crippen LogP contribution in [0.2, 0.25) is 5.02 Å². The van der Waals surface area contributed by atoms with Crippen molar-refractivity contribution in [2.45, 2.75) is 12.8 Å². The molecule has 10 heteroatoms. The van der Waals surface area contributed by atoms with Crippen molar-refractivity contribution in [3.63, 3.8) is 0 Å². The minimum Gasteiger partial charge on any atom is -0.505 e. The highest BCUT2D eigenvalue weighted by Gasteiger charge is 2.05. The molecule has 0 aliphatic carbocycles. The van der Waals surface area contributed by atoms with Crippen molar-refractivity contribution >= 4 is 34.6 Å². The molecule has 0 aromatic heterocycles. The van der Waals surface area contributed by atoms with Crippen LogP contribution in [0.1, 0.15) is 12.8 Å². The lowest BCUT2D eigenvalue weighted by Gasteiger charge is -2.08. The molecule has 0 atom stereocenters. The number of nitrogens with one attached hydrogen (secondary N) is 2.